The predicted molar refractivity (Wildman–Crippen MR) is 77.4 cm³/mol. The molecule has 21 heavy (non-hydrogen) atoms. The molecule has 1 aromatic rings. The van der Waals surface area contributed by atoms with Crippen molar-refractivity contribution < 1.29 is 23.5 Å². The number of carboxylic acid groups (broad SMARTS) is 1. The zero-order chi connectivity index (χ0) is 16.4. The van der Waals surface area contributed by atoms with Gasteiger partial charge >= 0.3 is 5.97 Å². The average Bonchev–Trinajstić information content (AvgIpc) is 2.39. The van der Waals surface area contributed by atoms with Gasteiger partial charge in [0.15, 0.2) is 5.12 Å². The minimum absolute atomic E-state index is 0.0833. The highest BCUT2D eigenvalue weighted by molar-refractivity contribution is 8.13. The smallest absolute Gasteiger partial charge is 0.338 e. The number of aromatic carboxylic acids is 1. The number of carboxylic acids is 1. The lowest BCUT2D eigenvalue weighted by atomic mass is 9.80. The molecule has 0 aliphatic carbocycles. The van der Waals surface area contributed by atoms with Crippen LogP contribution in [0.1, 0.15) is 44.5 Å². The first-order valence-corrected chi connectivity index (χ1v) is 7.37. The zero-order valence-corrected chi connectivity index (χ0v) is 13.2. The van der Waals surface area contributed by atoms with Gasteiger partial charge in [0.1, 0.15) is 11.6 Å². The lowest BCUT2D eigenvalue weighted by Gasteiger charge is -2.29. The topological polar surface area (TPSA) is 54.4 Å². The second-order valence-corrected chi connectivity index (χ2v) is 6.50. The van der Waals surface area contributed by atoms with E-state index in [4.69, 9.17) is 5.11 Å². The van der Waals surface area contributed by atoms with Gasteiger partial charge in [-0.1, -0.05) is 34.1 Å². The molecule has 116 valence electrons. The number of benzene rings is 1. The fourth-order valence-corrected chi connectivity index (χ4v) is 2.71. The maximum Gasteiger partial charge on any atom is 0.338 e. The molecule has 0 radical (unpaired) electrons. The van der Waals surface area contributed by atoms with Gasteiger partial charge in [0.25, 0.3) is 0 Å². The molecule has 0 aliphatic rings. The number of halogens is 2. The average molecular weight is 316 g/mol. The van der Waals surface area contributed by atoms with Crippen molar-refractivity contribution in [2.75, 3.05) is 0 Å². The number of hydrogen-bond acceptors (Lipinski definition) is 3. The number of carbonyl (C=O) groups excluding carboxylic acids is 1. The highest BCUT2D eigenvalue weighted by Crippen LogP contribution is 2.38. The summed E-state index contributed by atoms with van der Waals surface area (Å²) in [7, 11) is 0. The van der Waals surface area contributed by atoms with Crippen LogP contribution in [0.5, 0.6) is 0 Å². The number of thioether (sulfide) groups is 1. The minimum Gasteiger partial charge on any atom is -0.478 e. The Labute approximate surface area is 126 Å². The van der Waals surface area contributed by atoms with E-state index in [-0.39, 0.29) is 15.9 Å². The second kappa shape index (κ2) is 6.56. The van der Waals surface area contributed by atoms with E-state index in [0.29, 0.717) is 17.8 Å². The fraction of sp³-hybridized carbons (Fsp3) is 0.467. The van der Waals surface area contributed by atoms with Gasteiger partial charge in [-0.05, 0) is 23.7 Å². The molecule has 0 saturated heterocycles. The SMILES string of the molecule is CCC(C)C(C)(C)C(=O)Sc1cc(C(=O)O)c(F)cc1F. The van der Waals surface area contributed by atoms with E-state index in [1.807, 2.05) is 13.8 Å². The summed E-state index contributed by atoms with van der Waals surface area (Å²) in [6.45, 7) is 7.39. The Hall–Kier alpha value is -1.43. The van der Waals surface area contributed by atoms with E-state index in [0.717, 1.165) is 12.5 Å². The molecule has 0 bridgehead atoms. The predicted octanol–water partition coefficient (Wildman–Crippen LogP) is 4.35. The Balaban J connectivity index is 3.11. The molecule has 1 rings (SSSR count). The molecule has 1 aromatic carbocycles. The third kappa shape index (κ3) is 3.81. The zero-order valence-electron chi connectivity index (χ0n) is 12.4. The van der Waals surface area contributed by atoms with Crippen LogP contribution in [-0.4, -0.2) is 16.2 Å². The molecular weight excluding hydrogens is 298 g/mol. The van der Waals surface area contributed by atoms with Crippen LogP contribution in [0.4, 0.5) is 8.78 Å². The molecule has 0 aromatic heterocycles. The van der Waals surface area contributed by atoms with Crippen molar-refractivity contribution >= 4 is 22.8 Å². The lowest BCUT2D eigenvalue weighted by molar-refractivity contribution is -0.120. The van der Waals surface area contributed by atoms with Crippen molar-refractivity contribution in [1.82, 2.24) is 0 Å². The van der Waals surface area contributed by atoms with Gasteiger partial charge in [0, 0.05) is 11.5 Å². The molecule has 0 amide bonds. The highest BCUT2D eigenvalue weighted by Gasteiger charge is 2.34. The van der Waals surface area contributed by atoms with Gasteiger partial charge in [0.2, 0.25) is 0 Å². The summed E-state index contributed by atoms with van der Waals surface area (Å²) in [6, 6.07) is 1.36. The van der Waals surface area contributed by atoms with E-state index in [1.54, 1.807) is 13.8 Å². The van der Waals surface area contributed by atoms with Crippen LogP contribution >= 0.6 is 11.8 Å². The maximum absolute atomic E-state index is 13.7. The molecule has 1 N–H and O–H groups in total. The Morgan fingerprint density at radius 2 is 1.86 bits per heavy atom. The van der Waals surface area contributed by atoms with Crippen molar-refractivity contribution in [2.24, 2.45) is 11.3 Å². The first-order chi connectivity index (χ1) is 9.61. The summed E-state index contributed by atoms with van der Waals surface area (Å²) in [5.74, 6) is -3.50. The summed E-state index contributed by atoms with van der Waals surface area (Å²) in [4.78, 5) is 23.0. The molecular formula is C15H18F2O3S. The standard InChI is InChI=1S/C15H18F2O3S/c1-5-8(2)15(3,4)14(20)21-12-6-9(13(18)19)10(16)7-11(12)17/h6-8H,5H2,1-4H3,(H,18,19). The van der Waals surface area contributed by atoms with Crippen LogP contribution in [0, 0.1) is 23.0 Å². The van der Waals surface area contributed by atoms with Gasteiger partial charge in [-0.3, -0.25) is 4.79 Å². The molecule has 0 saturated carbocycles. The molecule has 6 heteroatoms. The van der Waals surface area contributed by atoms with Gasteiger partial charge in [-0.2, -0.15) is 0 Å². The van der Waals surface area contributed by atoms with Crippen molar-refractivity contribution in [3.05, 3.63) is 29.3 Å². The van der Waals surface area contributed by atoms with E-state index >= 15 is 0 Å². The monoisotopic (exact) mass is 316 g/mol. The third-order valence-electron chi connectivity index (χ3n) is 3.83. The summed E-state index contributed by atoms with van der Waals surface area (Å²) in [5, 5.41) is 8.57. The van der Waals surface area contributed by atoms with Crippen molar-refractivity contribution in [1.29, 1.82) is 0 Å². The molecule has 3 nitrogen and oxygen atoms in total. The first-order valence-electron chi connectivity index (χ1n) is 6.55. The largest absolute Gasteiger partial charge is 0.478 e. The summed E-state index contributed by atoms with van der Waals surface area (Å²) >= 11 is 0.617. The van der Waals surface area contributed by atoms with Crippen LogP contribution in [0.25, 0.3) is 0 Å². The molecule has 1 unspecified atom stereocenters. The Bertz CT molecular complexity index is 570. The minimum atomic E-state index is -1.50. The van der Waals surface area contributed by atoms with Gasteiger partial charge in [-0.25, -0.2) is 13.6 Å². The number of carbonyl (C=O) groups is 2. The second-order valence-electron chi connectivity index (χ2n) is 5.49. The Morgan fingerprint density at radius 3 is 2.33 bits per heavy atom. The molecule has 0 fully saturated rings. The van der Waals surface area contributed by atoms with Crippen LogP contribution in [0.2, 0.25) is 0 Å². The number of hydrogen-bond donors (Lipinski definition) is 1. The van der Waals surface area contributed by atoms with Gasteiger partial charge in [0.05, 0.1) is 10.5 Å². The van der Waals surface area contributed by atoms with Crippen molar-refractivity contribution in [3.8, 4) is 0 Å². The molecule has 0 spiro atoms. The summed E-state index contributed by atoms with van der Waals surface area (Å²) in [6.07, 6.45) is 0.783. The highest BCUT2D eigenvalue weighted by atomic mass is 32.2. The fourth-order valence-electron chi connectivity index (χ4n) is 1.71. The Kier molecular flexibility index (Phi) is 5.50. The van der Waals surface area contributed by atoms with E-state index in [9.17, 15) is 18.4 Å². The van der Waals surface area contributed by atoms with E-state index in [1.165, 1.54) is 0 Å². The number of rotatable bonds is 5. The molecule has 0 aliphatic heterocycles. The van der Waals surface area contributed by atoms with E-state index in [2.05, 4.69) is 0 Å². The Morgan fingerprint density at radius 1 is 1.29 bits per heavy atom. The summed E-state index contributed by atoms with van der Waals surface area (Å²) in [5.41, 5.74) is -1.34. The van der Waals surface area contributed by atoms with E-state index < -0.39 is 28.6 Å². The van der Waals surface area contributed by atoms with Crippen LogP contribution in [0.3, 0.4) is 0 Å². The van der Waals surface area contributed by atoms with Gasteiger partial charge in [-0.15, -0.1) is 0 Å². The van der Waals surface area contributed by atoms with Gasteiger partial charge < -0.3 is 5.11 Å². The summed E-state index contributed by atoms with van der Waals surface area (Å²) < 4.78 is 27.0. The third-order valence-corrected chi connectivity index (χ3v) is 5.07. The first kappa shape index (κ1) is 17.6. The van der Waals surface area contributed by atoms with Crippen LogP contribution < -0.4 is 0 Å². The van der Waals surface area contributed by atoms with Crippen LogP contribution in [-0.2, 0) is 4.79 Å². The lowest BCUT2D eigenvalue weighted by Crippen LogP contribution is -2.29. The van der Waals surface area contributed by atoms with Crippen LogP contribution in [0.15, 0.2) is 17.0 Å². The van der Waals surface area contributed by atoms with Crippen molar-refractivity contribution in [2.45, 2.75) is 39.0 Å². The quantitative estimate of drug-likeness (QED) is 0.820. The molecule has 1 atom stereocenters. The normalized spacial score (nSPS) is 13.0. The maximum atomic E-state index is 13.7. The van der Waals surface area contributed by atoms with Crippen molar-refractivity contribution in [3.63, 3.8) is 0 Å². The molecule has 0 heterocycles.